The zero-order valence-corrected chi connectivity index (χ0v) is 23.4. The van der Waals surface area contributed by atoms with Gasteiger partial charge in [-0.15, -0.1) is 0 Å². The molecule has 0 saturated carbocycles. The summed E-state index contributed by atoms with van der Waals surface area (Å²) in [5.74, 6) is -2.43. The van der Waals surface area contributed by atoms with E-state index in [9.17, 15) is 18.8 Å². The number of carbonyl (C=O) groups excluding carboxylic acids is 2. The normalized spacial score (nSPS) is 14.2. The molecular formula is C30H24Cl2FN3O5. The molecule has 1 N–H and O–H groups in total. The van der Waals surface area contributed by atoms with Gasteiger partial charge in [-0.25, -0.2) is 9.18 Å². The Balaban J connectivity index is 1.66. The lowest BCUT2D eigenvalue weighted by molar-refractivity contribution is -0.131. The number of nitrogens with zero attached hydrogens (tertiary/aromatic N) is 3. The number of likely N-dealkylation sites (tertiary alicyclic amines) is 1. The van der Waals surface area contributed by atoms with Crippen LogP contribution in [0.5, 0.6) is 0 Å². The predicted molar refractivity (Wildman–Crippen MR) is 154 cm³/mol. The highest BCUT2D eigenvalue weighted by Crippen LogP contribution is 2.40. The summed E-state index contributed by atoms with van der Waals surface area (Å²) in [7, 11) is 0. The maximum Gasteiger partial charge on any atom is 0.328 e. The molecule has 5 rings (SSSR count). The van der Waals surface area contributed by atoms with Crippen molar-refractivity contribution in [3.63, 3.8) is 0 Å². The maximum atomic E-state index is 14.6. The van der Waals surface area contributed by atoms with Crippen molar-refractivity contribution in [3.8, 4) is 11.3 Å². The van der Waals surface area contributed by atoms with Crippen molar-refractivity contribution in [1.82, 2.24) is 14.6 Å². The summed E-state index contributed by atoms with van der Waals surface area (Å²) in [5.41, 5.74) is 2.23. The van der Waals surface area contributed by atoms with E-state index in [1.54, 1.807) is 29.3 Å². The Labute approximate surface area is 244 Å². The van der Waals surface area contributed by atoms with E-state index in [1.165, 1.54) is 22.8 Å². The number of benzene rings is 2. The topological polar surface area (TPSA) is 106 Å². The van der Waals surface area contributed by atoms with Crippen LogP contribution in [0.15, 0.2) is 59.8 Å². The lowest BCUT2D eigenvalue weighted by atomic mass is 9.90. The molecule has 1 aliphatic rings. The van der Waals surface area contributed by atoms with Gasteiger partial charge in [0.1, 0.15) is 17.1 Å². The number of piperidine rings is 1. The standard InChI is InChI=1S/C30H24Cl2FN3O5/c1-3-24(37)35-11-9-18(10-12-35)29-27(28(34-41-29)19-13-22(33)21(32)14-20(19)31)30(40)36-15-16(2)26-17(7-8-25(38)39)5-4-6-23(26)36/h3-8,13-15,18H,1,9-12H2,2H3,(H,38,39)/b8-7+. The highest BCUT2D eigenvalue weighted by atomic mass is 35.5. The first-order chi connectivity index (χ1) is 19.6. The van der Waals surface area contributed by atoms with Crippen LogP contribution in [0.1, 0.15) is 46.0 Å². The molecule has 2 aromatic heterocycles. The summed E-state index contributed by atoms with van der Waals surface area (Å²) in [6.45, 7) is 6.22. The van der Waals surface area contributed by atoms with Crippen LogP contribution < -0.4 is 0 Å². The molecule has 0 radical (unpaired) electrons. The minimum Gasteiger partial charge on any atom is -0.478 e. The molecule has 41 heavy (non-hydrogen) atoms. The monoisotopic (exact) mass is 595 g/mol. The van der Waals surface area contributed by atoms with E-state index in [0.717, 1.165) is 17.7 Å². The van der Waals surface area contributed by atoms with E-state index in [1.807, 2.05) is 6.92 Å². The smallest absolute Gasteiger partial charge is 0.328 e. The Morgan fingerprint density at radius 1 is 1.17 bits per heavy atom. The van der Waals surface area contributed by atoms with Crippen LogP contribution in [0.25, 0.3) is 28.2 Å². The molecule has 0 spiro atoms. The van der Waals surface area contributed by atoms with Crippen LogP contribution in [0.4, 0.5) is 4.39 Å². The number of fused-ring (bicyclic) bond motifs is 1. The summed E-state index contributed by atoms with van der Waals surface area (Å²) in [6.07, 6.45) is 6.43. The van der Waals surface area contributed by atoms with E-state index in [0.29, 0.717) is 48.2 Å². The molecule has 4 aromatic rings. The first-order valence-corrected chi connectivity index (χ1v) is 13.5. The number of halogens is 3. The number of carboxylic acids is 1. The quantitative estimate of drug-likeness (QED) is 0.196. The molecule has 0 bridgehead atoms. The van der Waals surface area contributed by atoms with Crippen LogP contribution in [0.3, 0.4) is 0 Å². The Bertz CT molecular complexity index is 1750. The summed E-state index contributed by atoms with van der Waals surface area (Å²) in [6, 6.07) is 7.59. The molecule has 2 aromatic carbocycles. The van der Waals surface area contributed by atoms with Crippen LogP contribution in [-0.4, -0.2) is 50.6 Å². The maximum absolute atomic E-state index is 14.6. The summed E-state index contributed by atoms with van der Waals surface area (Å²) < 4.78 is 21.8. The highest BCUT2D eigenvalue weighted by Gasteiger charge is 2.34. The second-order valence-corrected chi connectivity index (χ2v) is 10.5. The number of hydrogen-bond donors (Lipinski definition) is 1. The number of aliphatic carboxylic acids is 1. The van der Waals surface area contributed by atoms with E-state index in [4.69, 9.17) is 32.8 Å². The zero-order valence-electron chi connectivity index (χ0n) is 21.9. The van der Waals surface area contributed by atoms with Crippen LogP contribution in [0.2, 0.25) is 10.0 Å². The summed E-state index contributed by atoms with van der Waals surface area (Å²) in [4.78, 5) is 39.3. The van der Waals surface area contributed by atoms with Crippen molar-refractivity contribution < 1.29 is 28.4 Å². The minimum atomic E-state index is -1.10. The van der Waals surface area contributed by atoms with Gasteiger partial charge in [-0.1, -0.05) is 47.1 Å². The zero-order chi connectivity index (χ0) is 29.4. The Morgan fingerprint density at radius 2 is 1.90 bits per heavy atom. The molecule has 1 saturated heterocycles. The van der Waals surface area contributed by atoms with Crippen molar-refractivity contribution in [1.29, 1.82) is 0 Å². The van der Waals surface area contributed by atoms with Crippen molar-refractivity contribution in [2.24, 2.45) is 0 Å². The lowest BCUT2D eigenvalue weighted by Crippen LogP contribution is -2.37. The molecule has 1 amide bonds. The lowest BCUT2D eigenvalue weighted by Gasteiger charge is -2.30. The van der Waals surface area contributed by atoms with Crippen LogP contribution in [-0.2, 0) is 9.59 Å². The fourth-order valence-electron chi connectivity index (χ4n) is 5.27. The van der Waals surface area contributed by atoms with Gasteiger partial charge in [0.05, 0.1) is 15.6 Å². The van der Waals surface area contributed by atoms with E-state index >= 15 is 0 Å². The number of aryl methyl sites for hydroxylation is 1. The van der Waals surface area contributed by atoms with Crippen molar-refractivity contribution in [2.75, 3.05) is 13.1 Å². The van der Waals surface area contributed by atoms with Gasteiger partial charge in [-0.2, -0.15) is 0 Å². The van der Waals surface area contributed by atoms with E-state index in [2.05, 4.69) is 11.7 Å². The molecule has 8 nitrogen and oxygen atoms in total. The van der Waals surface area contributed by atoms with Gasteiger partial charge in [-0.05, 0) is 61.2 Å². The van der Waals surface area contributed by atoms with Gasteiger partial charge < -0.3 is 14.5 Å². The number of hydrogen-bond acceptors (Lipinski definition) is 5. The second-order valence-electron chi connectivity index (χ2n) is 9.72. The second kappa shape index (κ2) is 11.3. The molecule has 11 heteroatoms. The van der Waals surface area contributed by atoms with Gasteiger partial charge >= 0.3 is 5.97 Å². The first kappa shape index (κ1) is 28.3. The number of aromatic nitrogens is 2. The van der Waals surface area contributed by atoms with Gasteiger partial charge in [0.2, 0.25) is 5.91 Å². The molecule has 0 unspecified atom stereocenters. The number of carboxylic acid groups (broad SMARTS) is 1. The highest BCUT2D eigenvalue weighted by molar-refractivity contribution is 6.36. The number of rotatable bonds is 6. The molecular weight excluding hydrogens is 572 g/mol. The van der Waals surface area contributed by atoms with Gasteiger partial charge in [0.25, 0.3) is 5.91 Å². The molecule has 210 valence electrons. The van der Waals surface area contributed by atoms with Gasteiger partial charge in [0.15, 0.2) is 5.76 Å². The third-order valence-electron chi connectivity index (χ3n) is 7.23. The van der Waals surface area contributed by atoms with Gasteiger partial charge in [-0.3, -0.25) is 14.2 Å². The average Bonchev–Trinajstić information content (AvgIpc) is 3.55. The van der Waals surface area contributed by atoms with Crippen molar-refractivity contribution in [3.05, 3.63) is 93.6 Å². The molecule has 3 heterocycles. The van der Waals surface area contributed by atoms with Crippen molar-refractivity contribution in [2.45, 2.75) is 25.7 Å². The molecule has 1 aliphatic heterocycles. The molecule has 0 aliphatic carbocycles. The average molecular weight is 596 g/mol. The predicted octanol–water partition coefficient (Wildman–Crippen LogP) is 6.73. The van der Waals surface area contributed by atoms with E-state index in [-0.39, 0.29) is 38.7 Å². The largest absolute Gasteiger partial charge is 0.478 e. The first-order valence-electron chi connectivity index (χ1n) is 12.7. The molecule has 1 fully saturated rings. The SMILES string of the molecule is C=CC(=O)N1CCC(c2onc(-c3cc(F)c(Cl)cc3Cl)c2C(=O)n2cc(C)c3c(/C=C/C(=O)O)cccc32)CC1. The van der Waals surface area contributed by atoms with Crippen molar-refractivity contribution >= 4 is 58.0 Å². The fraction of sp³-hybridized carbons (Fsp3) is 0.200. The third-order valence-corrected chi connectivity index (χ3v) is 7.83. The molecule has 0 atom stereocenters. The number of carbonyl (C=O) groups is 3. The third kappa shape index (κ3) is 5.30. The fourth-order valence-corrected chi connectivity index (χ4v) is 5.74. The van der Waals surface area contributed by atoms with Crippen LogP contribution >= 0.6 is 23.2 Å². The summed E-state index contributed by atoms with van der Waals surface area (Å²) >= 11 is 12.4. The minimum absolute atomic E-state index is 0.0663. The summed E-state index contributed by atoms with van der Waals surface area (Å²) in [5, 5.41) is 13.9. The Morgan fingerprint density at radius 3 is 2.59 bits per heavy atom. The van der Waals surface area contributed by atoms with Crippen LogP contribution in [0, 0.1) is 12.7 Å². The van der Waals surface area contributed by atoms with Gasteiger partial charge in [0, 0.05) is 42.2 Å². The van der Waals surface area contributed by atoms with E-state index < -0.39 is 17.7 Å². The Hall–Kier alpha value is -4.21. The number of amides is 1. The Kier molecular flexibility index (Phi) is 7.84.